The molecule has 20 heavy (non-hydrogen) atoms. The van der Waals surface area contributed by atoms with E-state index < -0.39 is 0 Å². The third-order valence-corrected chi connectivity index (χ3v) is 3.87. The van der Waals surface area contributed by atoms with E-state index in [9.17, 15) is 0 Å². The van der Waals surface area contributed by atoms with Crippen molar-refractivity contribution >= 4 is 0 Å². The Hall–Kier alpha value is -2.60. The molecular formula is C20H14. The van der Waals surface area contributed by atoms with Crippen molar-refractivity contribution in [2.24, 2.45) is 0 Å². The molecule has 0 aromatic rings. The summed E-state index contributed by atoms with van der Waals surface area (Å²) in [5.74, 6) is 0. The van der Waals surface area contributed by atoms with Crippen molar-refractivity contribution in [2.45, 2.75) is 0 Å². The summed E-state index contributed by atoms with van der Waals surface area (Å²) in [5, 5.41) is 0. The van der Waals surface area contributed by atoms with E-state index in [1.807, 2.05) is 0 Å². The Morgan fingerprint density at radius 3 is 0.700 bits per heavy atom. The van der Waals surface area contributed by atoms with E-state index in [2.05, 4.69) is 84.9 Å². The van der Waals surface area contributed by atoms with Gasteiger partial charge in [0.2, 0.25) is 0 Å². The SMILES string of the molecule is c1cc2ccc(-c3ccc4cccc-4cc3)ccc-2c1. The summed E-state index contributed by atoms with van der Waals surface area (Å²) in [5.41, 5.74) is 7.65. The average molecular weight is 254 g/mol. The van der Waals surface area contributed by atoms with Gasteiger partial charge in [-0.05, 0) is 33.4 Å². The topological polar surface area (TPSA) is 0 Å². The molecule has 0 nitrogen and oxygen atoms in total. The van der Waals surface area contributed by atoms with E-state index in [4.69, 9.17) is 0 Å². The first-order valence-corrected chi connectivity index (χ1v) is 6.88. The second-order valence-electron chi connectivity index (χ2n) is 5.12. The minimum Gasteiger partial charge on any atom is -0.0610 e. The molecule has 0 atom stereocenters. The first-order valence-electron chi connectivity index (χ1n) is 6.88. The van der Waals surface area contributed by atoms with Crippen molar-refractivity contribution in [1.82, 2.24) is 0 Å². The first kappa shape index (κ1) is 11.2. The van der Waals surface area contributed by atoms with E-state index in [0.717, 1.165) is 0 Å². The molecule has 0 fully saturated rings. The summed E-state index contributed by atoms with van der Waals surface area (Å²) in [6.07, 6.45) is 0. The molecule has 0 amide bonds. The average Bonchev–Trinajstić information content (AvgIpc) is 3.00. The lowest BCUT2D eigenvalue weighted by molar-refractivity contribution is 1.72. The Kier molecular flexibility index (Phi) is 2.53. The maximum atomic E-state index is 2.20. The highest BCUT2D eigenvalue weighted by molar-refractivity contribution is 5.74. The highest BCUT2D eigenvalue weighted by Gasteiger charge is 2.02. The fraction of sp³-hybridized carbons (Fsp3) is 0. The van der Waals surface area contributed by atoms with Gasteiger partial charge in [-0.15, -0.1) is 0 Å². The van der Waals surface area contributed by atoms with Crippen molar-refractivity contribution in [3.8, 4) is 33.4 Å². The second kappa shape index (κ2) is 4.50. The number of hydrogen-bond donors (Lipinski definition) is 0. The Morgan fingerprint density at radius 1 is 0.250 bits per heavy atom. The minimum absolute atomic E-state index is 1.25. The Balaban J connectivity index is 1.88. The zero-order chi connectivity index (χ0) is 13.4. The molecule has 0 bridgehead atoms. The lowest BCUT2D eigenvalue weighted by Crippen LogP contribution is -1.68. The summed E-state index contributed by atoms with van der Waals surface area (Å²) in [4.78, 5) is 0. The van der Waals surface area contributed by atoms with Gasteiger partial charge in [-0.25, -0.2) is 0 Å². The lowest BCUT2D eigenvalue weighted by Gasteiger charge is -1.93. The molecule has 0 unspecified atom stereocenters. The van der Waals surface area contributed by atoms with Gasteiger partial charge in [0.25, 0.3) is 0 Å². The highest BCUT2D eigenvalue weighted by Crippen LogP contribution is 2.28. The summed E-state index contributed by atoms with van der Waals surface area (Å²) in [6, 6.07) is 30.4. The van der Waals surface area contributed by atoms with Crippen LogP contribution in [0.3, 0.4) is 0 Å². The van der Waals surface area contributed by atoms with Gasteiger partial charge in [0.15, 0.2) is 0 Å². The maximum Gasteiger partial charge on any atom is -0.0184 e. The molecule has 4 aliphatic carbocycles. The number of rotatable bonds is 1. The van der Waals surface area contributed by atoms with Crippen molar-refractivity contribution in [3.05, 3.63) is 84.9 Å². The largest absolute Gasteiger partial charge is 0.0610 e. The van der Waals surface area contributed by atoms with Gasteiger partial charge in [0, 0.05) is 0 Å². The van der Waals surface area contributed by atoms with Gasteiger partial charge in [-0.2, -0.15) is 0 Å². The van der Waals surface area contributed by atoms with Gasteiger partial charge in [-0.1, -0.05) is 84.9 Å². The zero-order valence-electron chi connectivity index (χ0n) is 11.1. The van der Waals surface area contributed by atoms with Crippen molar-refractivity contribution in [3.63, 3.8) is 0 Å². The molecule has 0 aliphatic heterocycles. The fourth-order valence-corrected chi connectivity index (χ4v) is 2.72. The Morgan fingerprint density at radius 2 is 0.450 bits per heavy atom. The minimum atomic E-state index is 1.25. The van der Waals surface area contributed by atoms with Gasteiger partial charge < -0.3 is 0 Å². The van der Waals surface area contributed by atoms with Gasteiger partial charge >= 0.3 is 0 Å². The van der Waals surface area contributed by atoms with Crippen molar-refractivity contribution in [2.75, 3.05) is 0 Å². The van der Waals surface area contributed by atoms with Crippen LogP contribution in [0.5, 0.6) is 0 Å². The van der Waals surface area contributed by atoms with Crippen molar-refractivity contribution < 1.29 is 0 Å². The van der Waals surface area contributed by atoms with E-state index in [1.165, 1.54) is 33.4 Å². The molecule has 0 saturated carbocycles. The fourth-order valence-electron chi connectivity index (χ4n) is 2.72. The molecule has 4 aliphatic rings. The normalized spacial score (nSPS) is 11.0. The van der Waals surface area contributed by atoms with Crippen LogP contribution in [0.1, 0.15) is 0 Å². The molecule has 0 heterocycles. The molecular weight excluding hydrogens is 240 g/mol. The molecule has 0 aromatic heterocycles. The van der Waals surface area contributed by atoms with Gasteiger partial charge in [0.05, 0.1) is 0 Å². The molecule has 0 heteroatoms. The van der Waals surface area contributed by atoms with E-state index in [-0.39, 0.29) is 0 Å². The molecule has 0 aromatic carbocycles. The Labute approximate surface area is 119 Å². The van der Waals surface area contributed by atoms with Crippen LogP contribution in [0.25, 0.3) is 33.4 Å². The van der Waals surface area contributed by atoms with Crippen LogP contribution in [-0.4, -0.2) is 0 Å². The van der Waals surface area contributed by atoms with Crippen molar-refractivity contribution in [1.29, 1.82) is 0 Å². The summed E-state index contributed by atoms with van der Waals surface area (Å²) in [7, 11) is 0. The Bertz CT molecular complexity index is 681. The first-order chi connectivity index (χ1) is 9.90. The van der Waals surface area contributed by atoms with E-state index in [0.29, 0.717) is 0 Å². The maximum absolute atomic E-state index is 2.20. The summed E-state index contributed by atoms with van der Waals surface area (Å²) < 4.78 is 0. The van der Waals surface area contributed by atoms with Crippen LogP contribution in [0.2, 0.25) is 0 Å². The molecule has 0 spiro atoms. The lowest BCUT2D eigenvalue weighted by atomic mass is 10.1. The van der Waals surface area contributed by atoms with Crippen LogP contribution in [0, 0.1) is 0 Å². The number of fused-ring (bicyclic) bond motifs is 2. The molecule has 4 rings (SSSR count). The predicted molar refractivity (Wildman–Crippen MR) is 85.1 cm³/mol. The second-order valence-corrected chi connectivity index (χ2v) is 5.12. The van der Waals surface area contributed by atoms with E-state index in [1.54, 1.807) is 0 Å². The third-order valence-electron chi connectivity index (χ3n) is 3.87. The van der Waals surface area contributed by atoms with Gasteiger partial charge in [-0.3, -0.25) is 0 Å². The van der Waals surface area contributed by atoms with E-state index >= 15 is 0 Å². The zero-order valence-corrected chi connectivity index (χ0v) is 11.1. The highest BCUT2D eigenvalue weighted by atomic mass is 14.1. The van der Waals surface area contributed by atoms with Crippen LogP contribution >= 0.6 is 0 Å². The van der Waals surface area contributed by atoms with Crippen LogP contribution in [0.15, 0.2) is 84.9 Å². The van der Waals surface area contributed by atoms with Gasteiger partial charge in [0.1, 0.15) is 0 Å². The van der Waals surface area contributed by atoms with Crippen LogP contribution in [0.4, 0.5) is 0 Å². The smallest absolute Gasteiger partial charge is 0.0184 e. The third kappa shape index (κ3) is 1.86. The molecule has 94 valence electrons. The monoisotopic (exact) mass is 254 g/mol. The molecule has 0 radical (unpaired) electrons. The van der Waals surface area contributed by atoms with Crippen LogP contribution in [-0.2, 0) is 0 Å². The predicted octanol–water partition coefficient (Wildman–Crippen LogP) is 5.56. The molecule has 0 saturated heterocycles. The summed E-state index contributed by atoms with van der Waals surface area (Å²) >= 11 is 0. The summed E-state index contributed by atoms with van der Waals surface area (Å²) in [6.45, 7) is 0. The number of hydrogen-bond acceptors (Lipinski definition) is 0. The standard InChI is InChI=1S/C20H14/c1-3-15-7-11-19(12-8-16(15)4-1)20-13-9-17-5-2-6-18(17)10-14-20/h1-14H. The van der Waals surface area contributed by atoms with Crippen LogP contribution < -0.4 is 0 Å². The molecule has 0 N–H and O–H groups in total. The quantitative estimate of drug-likeness (QED) is 0.417.